The predicted molar refractivity (Wildman–Crippen MR) is 129 cm³/mol. The van der Waals surface area contributed by atoms with Gasteiger partial charge in [-0.05, 0) is 75.4 Å². The number of hydrogen-bond acceptors (Lipinski definition) is 9. The lowest BCUT2D eigenvalue weighted by Gasteiger charge is -2.20. The van der Waals surface area contributed by atoms with Gasteiger partial charge in [-0.15, -0.1) is 10.2 Å². The lowest BCUT2D eigenvalue weighted by atomic mass is 10.1. The highest BCUT2D eigenvalue weighted by Crippen LogP contribution is 2.24. The number of tetrazole rings is 1. The lowest BCUT2D eigenvalue weighted by Crippen LogP contribution is -2.40. The highest BCUT2D eigenvalue weighted by Gasteiger charge is 2.22. The first-order chi connectivity index (χ1) is 16.1. The Morgan fingerprint density at radius 3 is 2.41 bits per heavy atom. The second-order valence-corrected chi connectivity index (χ2v) is 10.4. The first-order valence-corrected chi connectivity index (χ1v) is 11.9. The summed E-state index contributed by atoms with van der Waals surface area (Å²) in [6.07, 6.45) is 1.69. The molecule has 0 atom stereocenters. The van der Waals surface area contributed by atoms with Crippen LogP contribution in [0.15, 0.2) is 59.6 Å². The van der Waals surface area contributed by atoms with Crippen LogP contribution in [0.3, 0.4) is 0 Å². The van der Waals surface area contributed by atoms with Crippen molar-refractivity contribution in [3.63, 3.8) is 0 Å². The molecule has 0 unspecified atom stereocenters. The summed E-state index contributed by atoms with van der Waals surface area (Å²) in [7, 11) is -3.66. The third kappa shape index (κ3) is 5.71. The Hall–Kier alpha value is -3.90. The smallest absolute Gasteiger partial charge is 0.241 e. The largest absolute Gasteiger partial charge is 0.340 e. The fourth-order valence-electron chi connectivity index (χ4n) is 3.08. The maximum atomic E-state index is 12.7. The van der Waals surface area contributed by atoms with Gasteiger partial charge in [0.15, 0.2) is 0 Å². The monoisotopic (exact) mass is 479 g/mol. The number of nitrogens with zero attached hydrogens (tertiary/aromatic N) is 5. The number of nitrogens with one attached hydrogen (secondary N) is 4. The molecule has 176 valence electrons. The molecule has 2 aromatic heterocycles. The number of H-pyrrole nitrogens is 1. The van der Waals surface area contributed by atoms with Gasteiger partial charge in [0.25, 0.3) is 0 Å². The van der Waals surface area contributed by atoms with E-state index in [1.165, 1.54) is 0 Å². The summed E-state index contributed by atoms with van der Waals surface area (Å²) < 4.78 is 28.0. The second kappa shape index (κ2) is 9.15. The SMILES string of the molecule is Cc1cnc(Nc2ccc(-c3nn[nH]n3)cc2)nc1Nc1cccc(S(=O)(=O)NC(C)(C)C)c1. The molecule has 0 amide bonds. The van der Waals surface area contributed by atoms with Gasteiger partial charge in [-0.3, -0.25) is 0 Å². The van der Waals surface area contributed by atoms with Crippen molar-refractivity contribution in [3.8, 4) is 11.4 Å². The number of aromatic amines is 1. The van der Waals surface area contributed by atoms with Crippen LogP contribution in [-0.2, 0) is 10.0 Å². The minimum absolute atomic E-state index is 0.166. The van der Waals surface area contributed by atoms with Crippen molar-refractivity contribution in [3.05, 3.63) is 60.3 Å². The van der Waals surface area contributed by atoms with Gasteiger partial charge < -0.3 is 10.6 Å². The molecule has 4 rings (SSSR count). The van der Waals surface area contributed by atoms with Gasteiger partial charge in [-0.2, -0.15) is 10.2 Å². The van der Waals surface area contributed by atoms with Crippen LogP contribution in [0.2, 0.25) is 0 Å². The van der Waals surface area contributed by atoms with Gasteiger partial charge in [-0.25, -0.2) is 18.1 Å². The average Bonchev–Trinajstić information content (AvgIpc) is 3.30. The number of aromatic nitrogens is 6. The molecule has 0 spiro atoms. The molecular formula is C22H25N9O2S. The molecule has 4 aromatic rings. The number of hydrogen-bond donors (Lipinski definition) is 4. The minimum atomic E-state index is -3.66. The highest BCUT2D eigenvalue weighted by atomic mass is 32.2. The lowest BCUT2D eigenvalue weighted by molar-refractivity contribution is 0.491. The van der Waals surface area contributed by atoms with Crippen molar-refractivity contribution < 1.29 is 8.42 Å². The molecule has 0 saturated carbocycles. The van der Waals surface area contributed by atoms with Crippen LogP contribution in [0.4, 0.5) is 23.1 Å². The molecule has 12 heteroatoms. The van der Waals surface area contributed by atoms with E-state index >= 15 is 0 Å². The summed E-state index contributed by atoms with van der Waals surface area (Å²) in [5, 5.41) is 20.3. The molecule has 0 fully saturated rings. The molecule has 4 N–H and O–H groups in total. The molecule has 0 aliphatic rings. The Balaban J connectivity index is 1.52. The Morgan fingerprint density at radius 1 is 0.971 bits per heavy atom. The Bertz CT molecular complexity index is 1380. The minimum Gasteiger partial charge on any atom is -0.340 e. The van der Waals surface area contributed by atoms with Crippen molar-refractivity contribution in [2.75, 3.05) is 10.6 Å². The van der Waals surface area contributed by atoms with Crippen LogP contribution in [0.1, 0.15) is 26.3 Å². The van der Waals surface area contributed by atoms with Crippen LogP contribution >= 0.6 is 0 Å². The summed E-state index contributed by atoms with van der Waals surface area (Å²) in [4.78, 5) is 9.05. The molecule has 0 aliphatic heterocycles. The zero-order valence-corrected chi connectivity index (χ0v) is 20.0. The van der Waals surface area contributed by atoms with Crippen LogP contribution < -0.4 is 15.4 Å². The zero-order chi connectivity index (χ0) is 24.3. The Labute approximate surface area is 197 Å². The van der Waals surface area contributed by atoms with E-state index in [9.17, 15) is 8.42 Å². The summed E-state index contributed by atoms with van der Waals surface area (Å²) in [6.45, 7) is 7.26. The fraction of sp³-hybridized carbons (Fsp3) is 0.227. The summed E-state index contributed by atoms with van der Waals surface area (Å²) in [6, 6.07) is 14.0. The first kappa shape index (κ1) is 23.3. The predicted octanol–water partition coefficient (Wildman–Crippen LogP) is 3.53. The average molecular weight is 480 g/mol. The summed E-state index contributed by atoms with van der Waals surface area (Å²) in [5.74, 6) is 1.45. The van der Waals surface area contributed by atoms with Gasteiger partial charge in [-0.1, -0.05) is 6.07 Å². The molecular weight excluding hydrogens is 454 g/mol. The van der Waals surface area contributed by atoms with Crippen molar-refractivity contribution >= 4 is 33.2 Å². The second-order valence-electron chi connectivity index (χ2n) is 8.67. The van der Waals surface area contributed by atoms with Crippen molar-refractivity contribution in [1.29, 1.82) is 0 Å². The zero-order valence-electron chi connectivity index (χ0n) is 19.2. The van der Waals surface area contributed by atoms with Crippen LogP contribution in [0.25, 0.3) is 11.4 Å². The van der Waals surface area contributed by atoms with Crippen LogP contribution in [-0.4, -0.2) is 44.5 Å². The van der Waals surface area contributed by atoms with Crippen LogP contribution in [0, 0.1) is 6.92 Å². The van der Waals surface area contributed by atoms with Gasteiger partial charge in [0.05, 0.1) is 4.90 Å². The van der Waals surface area contributed by atoms with E-state index in [0.29, 0.717) is 23.3 Å². The molecule has 11 nitrogen and oxygen atoms in total. The van der Waals surface area contributed by atoms with Gasteiger partial charge >= 0.3 is 0 Å². The van der Waals surface area contributed by atoms with Crippen molar-refractivity contribution in [2.45, 2.75) is 38.1 Å². The van der Waals surface area contributed by atoms with Crippen molar-refractivity contribution in [2.24, 2.45) is 0 Å². The maximum absolute atomic E-state index is 12.7. The van der Waals surface area contributed by atoms with E-state index in [2.05, 4.69) is 45.9 Å². The molecule has 2 heterocycles. The molecule has 0 saturated heterocycles. The number of rotatable bonds is 7. The Kier molecular flexibility index (Phi) is 6.26. The van der Waals surface area contributed by atoms with Gasteiger partial charge in [0, 0.05) is 34.2 Å². The first-order valence-electron chi connectivity index (χ1n) is 10.4. The third-order valence-corrected chi connectivity index (χ3v) is 6.32. The van der Waals surface area contributed by atoms with E-state index in [-0.39, 0.29) is 4.90 Å². The molecule has 0 aliphatic carbocycles. The summed E-state index contributed by atoms with van der Waals surface area (Å²) in [5.41, 5.74) is 2.41. The van der Waals surface area contributed by atoms with Gasteiger partial charge in [0.2, 0.25) is 21.8 Å². The number of sulfonamides is 1. The van der Waals surface area contributed by atoms with Gasteiger partial charge in [0.1, 0.15) is 5.82 Å². The maximum Gasteiger partial charge on any atom is 0.241 e. The molecule has 34 heavy (non-hydrogen) atoms. The molecule has 0 bridgehead atoms. The van der Waals surface area contributed by atoms with Crippen LogP contribution in [0.5, 0.6) is 0 Å². The highest BCUT2D eigenvalue weighted by molar-refractivity contribution is 7.89. The van der Waals surface area contributed by atoms with Crippen molar-refractivity contribution in [1.82, 2.24) is 35.3 Å². The standard InChI is InChI=1S/C22H25N9O2S/c1-14-13-23-21(25-16-10-8-15(9-11-16)20-27-30-31-28-20)26-19(14)24-17-6-5-7-18(12-17)34(32,33)29-22(2,3)4/h5-13,29H,1-4H3,(H2,23,24,25,26)(H,27,28,30,31). The third-order valence-electron chi connectivity index (χ3n) is 4.56. The summed E-state index contributed by atoms with van der Waals surface area (Å²) >= 11 is 0. The molecule has 0 radical (unpaired) electrons. The van der Waals surface area contributed by atoms with E-state index in [1.807, 2.05) is 31.2 Å². The number of aryl methyl sites for hydroxylation is 1. The van der Waals surface area contributed by atoms with E-state index < -0.39 is 15.6 Å². The van der Waals surface area contributed by atoms with E-state index in [1.54, 1.807) is 51.2 Å². The number of anilines is 4. The molecule has 2 aromatic carbocycles. The Morgan fingerprint density at radius 2 is 1.74 bits per heavy atom. The topological polar surface area (TPSA) is 150 Å². The normalized spacial score (nSPS) is 11.9. The quantitative estimate of drug-likeness (QED) is 0.312. The van der Waals surface area contributed by atoms with E-state index in [4.69, 9.17) is 0 Å². The number of benzene rings is 2. The fourth-order valence-corrected chi connectivity index (χ4v) is 4.55. The van der Waals surface area contributed by atoms with E-state index in [0.717, 1.165) is 16.8 Å².